The van der Waals surface area contributed by atoms with Gasteiger partial charge in [0.05, 0.1) is 18.8 Å². The summed E-state index contributed by atoms with van der Waals surface area (Å²) in [5.74, 6) is -0.611. The number of hydrogen-bond acceptors (Lipinski definition) is 5. The molecule has 0 saturated heterocycles. The van der Waals surface area contributed by atoms with Crippen molar-refractivity contribution in [1.29, 1.82) is 0 Å². The predicted molar refractivity (Wildman–Crippen MR) is 228 cm³/mol. The molecule has 0 aromatic heterocycles. The molecule has 53 heavy (non-hydrogen) atoms. The van der Waals surface area contributed by atoms with E-state index in [2.05, 4.69) is 79.9 Å². The molecular weight excluding hydrogens is 659 g/mol. The lowest BCUT2D eigenvalue weighted by atomic mass is 10.00. The first-order valence-electron chi connectivity index (χ1n) is 22.2. The van der Waals surface area contributed by atoms with Gasteiger partial charge in [-0.05, 0) is 96.3 Å². The maximum atomic E-state index is 12.5. The molecule has 0 aromatic rings. The zero-order valence-corrected chi connectivity index (χ0v) is 34.5. The van der Waals surface area contributed by atoms with E-state index in [0.717, 1.165) is 70.6 Å². The Bertz CT molecular complexity index is 926. The Morgan fingerprint density at radius 3 is 1.34 bits per heavy atom. The lowest BCUT2D eigenvalue weighted by Crippen LogP contribution is -2.53. The smallest absolute Gasteiger partial charge is 0.249 e. The molecule has 0 spiro atoms. The maximum Gasteiger partial charge on any atom is 0.249 e. The molecule has 1 amide bonds. The third-order valence-corrected chi connectivity index (χ3v) is 9.91. The largest absolute Gasteiger partial charge is 0.394 e. The minimum absolute atomic E-state index is 0.343. The number of carbonyl (C=O) groups excluding carboxylic acids is 1. The first-order valence-corrected chi connectivity index (χ1v) is 22.2. The van der Waals surface area contributed by atoms with Crippen LogP contribution >= 0.6 is 0 Å². The molecule has 0 rings (SSSR count). The van der Waals surface area contributed by atoms with Gasteiger partial charge in [-0.25, -0.2) is 0 Å². The maximum absolute atomic E-state index is 12.5. The normalized spacial score (nSPS) is 14.8. The van der Waals surface area contributed by atoms with Crippen LogP contribution < -0.4 is 5.32 Å². The number of hydrogen-bond donors (Lipinski definition) is 5. The van der Waals surface area contributed by atoms with Gasteiger partial charge in [0.15, 0.2) is 0 Å². The van der Waals surface area contributed by atoms with Crippen LogP contribution in [0.15, 0.2) is 60.8 Å². The fourth-order valence-electron chi connectivity index (χ4n) is 6.35. The Morgan fingerprint density at radius 2 is 0.849 bits per heavy atom. The fourth-order valence-corrected chi connectivity index (χ4v) is 6.35. The van der Waals surface area contributed by atoms with Crippen molar-refractivity contribution < 1.29 is 25.2 Å². The summed E-state index contributed by atoms with van der Waals surface area (Å²) in [6.07, 6.45) is 51.0. The van der Waals surface area contributed by atoms with Crippen LogP contribution in [0.1, 0.15) is 200 Å². The highest BCUT2D eigenvalue weighted by Gasteiger charge is 2.28. The van der Waals surface area contributed by atoms with Crippen LogP contribution in [0.5, 0.6) is 0 Å². The van der Waals surface area contributed by atoms with Crippen molar-refractivity contribution in [3.8, 4) is 0 Å². The molecule has 0 aromatic carbocycles. The summed E-state index contributed by atoms with van der Waals surface area (Å²) in [7, 11) is 0. The van der Waals surface area contributed by atoms with Crippen molar-refractivity contribution in [2.75, 3.05) is 6.61 Å². The average molecular weight is 744 g/mol. The standard InChI is InChI=1S/C47H85NO5/c1-3-5-7-9-11-13-15-17-19-21-22-23-24-25-27-28-30-32-34-36-38-40-44(50)46(52)43(42-49)48-47(53)45(51)41-39-37-35-33-31-29-26-20-18-16-14-12-10-8-6-4-2/h12,14,18,20-22,25,27,32,34,43-46,49-52H,3-11,13,15-17,19,23-24,26,28-31,33,35-42H2,1-2H3,(H,48,53)/b14-12-,20-18-,22-21+,27-25+,34-32+. The monoisotopic (exact) mass is 744 g/mol. The molecule has 0 heterocycles. The van der Waals surface area contributed by atoms with Crippen molar-refractivity contribution in [2.45, 2.75) is 224 Å². The van der Waals surface area contributed by atoms with Gasteiger partial charge >= 0.3 is 0 Å². The number of allylic oxidation sites excluding steroid dienone is 10. The lowest BCUT2D eigenvalue weighted by molar-refractivity contribution is -0.132. The average Bonchev–Trinajstić information content (AvgIpc) is 3.16. The Hall–Kier alpha value is -1.99. The van der Waals surface area contributed by atoms with Gasteiger partial charge in [-0.1, -0.05) is 164 Å². The molecule has 0 radical (unpaired) electrons. The molecule has 4 atom stereocenters. The van der Waals surface area contributed by atoms with Gasteiger partial charge in [0.2, 0.25) is 5.91 Å². The SMILES string of the molecule is CCCCC/C=C\C/C=C\CCCCCCCCC(O)C(=O)NC(CO)C(O)C(O)CCC/C=C/CC/C=C/CC/C=C/CCCCCCCCCC. The number of carbonyl (C=O) groups is 1. The van der Waals surface area contributed by atoms with Crippen molar-refractivity contribution in [3.05, 3.63) is 60.8 Å². The molecule has 5 N–H and O–H groups in total. The predicted octanol–water partition coefficient (Wildman–Crippen LogP) is 11.7. The molecule has 0 fully saturated rings. The number of aliphatic hydroxyl groups excluding tert-OH is 4. The Balaban J connectivity index is 3.86. The third-order valence-electron chi connectivity index (χ3n) is 9.91. The van der Waals surface area contributed by atoms with E-state index in [0.29, 0.717) is 19.3 Å². The zero-order valence-electron chi connectivity index (χ0n) is 34.5. The second kappa shape index (κ2) is 41.2. The van der Waals surface area contributed by atoms with E-state index in [1.807, 2.05) is 0 Å². The van der Waals surface area contributed by atoms with E-state index in [1.54, 1.807) is 0 Å². The van der Waals surface area contributed by atoms with Crippen molar-refractivity contribution in [2.24, 2.45) is 0 Å². The van der Waals surface area contributed by atoms with Gasteiger partial charge in [0.25, 0.3) is 0 Å². The van der Waals surface area contributed by atoms with Gasteiger partial charge in [-0.15, -0.1) is 0 Å². The van der Waals surface area contributed by atoms with Gasteiger partial charge < -0.3 is 25.7 Å². The van der Waals surface area contributed by atoms with Crippen LogP contribution in [-0.2, 0) is 4.79 Å². The lowest BCUT2D eigenvalue weighted by Gasteiger charge is -2.27. The molecule has 0 saturated carbocycles. The molecule has 0 aliphatic rings. The van der Waals surface area contributed by atoms with E-state index in [4.69, 9.17) is 0 Å². The number of unbranched alkanes of at least 4 members (excludes halogenated alkanes) is 20. The van der Waals surface area contributed by atoms with E-state index >= 15 is 0 Å². The van der Waals surface area contributed by atoms with Gasteiger partial charge in [-0.2, -0.15) is 0 Å². The van der Waals surface area contributed by atoms with Crippen LogP contribution in [0.4, 0.5) is 0 Å². The highest BCUT2D eigenvalue weighted by Crippen LogP contribution is 2.14. The molecular formula is C47H85NO5. The summed E-state index contributed by atoms with van der Waals surface area (Å²) < 4.78 is 0. The minimum Gasteiger partial charge on any atom is -0.394 e. The van der Waals surface area contributed by atoms with Gasteiger partial charge in [-0.3, -0.25) is 4.79 Å². The molecule has 6 nitrogen and oxygen atoms in total. The zero-order chi connectivity index (χ0) is 38.9. The van der Waals surface area contributed by atoms with E-state index < -0.39 is 36.9 Å². The highest BCUT2D eigenvalue weighted by atomic mass is 16.3. The first kappa shape index (κ1) is 51.0. The Labute approximate surface area is 327 Å². The summed E-state index contributed by atoms with van der Waals surface area (Å²) in [6.45, 7) is 3.99. The second-order valence-corrected chi connectivity index (χ2v) is 15.0. The van der Waals surface area contributed by atoms with Gasteiger partial charge in [0, 0.05) is 0 Å². The quantitative estimate of drug-likeness (QED) is 0.0318. The van der Waals surface area contributed by atoms with Crippen LogP contribution in [0.2, 0.25) is 0 Å². The topological polar surface area (TPSA) is 110 Å². The van der Waals surface area contributed by atoms with Crippen molar-refractivity contribution >= 4 is 5.91 Å². The third kappa shape index (κ3) is 35.5. The van der Waals surface area contributed by atoms with Gasteiger partial charge in [0.1, 0.15) is 12.2 Å². The Kier molecular flexibility index (Phi) is 39.6. The Morgan fingerprint density at radius 1 is 0.472 bits per heavy atom. The highest BCUT2D eigenvalue weighted by molar-refractivity contribution is 5.80. The van der Waals surface area contributed by atoms with Crippen LogP contribution in [0.3, 0.4) is 0 Å². The fraction of sp³-hybridized carbons (Fsp3) is 0.766. The number of rotatable bonds is 39. The van der Waals surface area contributed by atoms with Crippen LogP contribution in [0.25, 0.3) is 0 Å². The number of nitrogens with one attached hydrogen (secondary N) is 1. The minimum atomic E-state index is -1.30. The molecule has 0 aliphatic heterocycles. The molecule has 308 valence electrons. The second-order valence-electron chi connectivity index (χ2n) is 15.0. The summed E-state index contributed by atoms with van der Waals surface area (Å²) in [6, 6.07) is -1.02. The van der Waals surface area contributed by atoms with Crippen LogP contribution in [0, 0.1) is 0 Å². The number of aliphatic hydroxyl groups is 4. The number of amides is 1. The van der Waals surface area contributed by atoms with Crippen molar-refractivity contribution in [3.63, 3.8) is 0 Å². The summed E-state index contributed by atoms with van der Waals surface area (Å²) in [5, 5.41) is 43.6. The van der Waals surface area contributed by atoms with Crippen LogP contribution in [-0.4, -0.2) is 57.3 Å². The van der Waals surface area contributed by atoms with E-state index in [1.165, 1.54) is 96.3 Å². The van der Waals surface area contributed by atoms with E-state index in [9.17, 15) is 25.2 Å². The van der Waals surface area contributed by atoms with Crippen molar-refractivity contribution in [1.82, 2.24) is 5.32 Å². The summed E-state index contributed by atoms with van der Waals surface area (Å²) in [5.41, 5.74) is 0. The summed E-state index contributed by atoms with van der Waals surface area (Å²) >= 11 is 0. The summed E-state index contributed by atoms with van der Waals surface area (Å²) in [4.78, 5) is 12.5. The molecule has 4 unspecified atom stereocenters. The molecule has 0 bridgehead atoms. The first-order chi connectivity index (χ1) is 26.0. The van der Waals surface area contributed by atoms with E-state index in [-0.39, 0.29) is 0 Å². The molecule has 6 heteroatoms. The molecule has 0 aliphatic carbocycles.